The first kappa shape index (κ1) is 27.6. The van der Waals surface area contributed by atoms with Crippen molar-refractivity contribution in [2.45, 2.75) is 19.3 Å². The van der Waals surface area contributed by atoms with Gasteiger partial charge in [0, 0.05) is 32.5 Å². The third-order valence-corrected chi connectivity index (χ3v) is 11.1. The Hall–Kier alpha value is -6.32. The van der Waals surface area contributed by atoms with Crippen LogP contribution in [-0.2, 0) is 5.41 Å². The Morgan fingerprint density at radius 2 is 1.18 bits per heavy atom. The van der Waals surface area contributed by atoms with E-state index >= 15 is 0 Å². The molecule has 2 aromatic heterocycles. The van der Waals surface area contributed by atoms with E-state index < -0.39 is 0 Å². The summed E-state index contributed by atoms with van der Waals surface area (Å²) in [5, 5.41) is 10.9. The normalized spacial score (nSPS) is 13.6. The Balaban J connectivity index is 1.36. The molecule has 10 aromatic rings. The second-order valence-electron chi connectivity index (χ2n) is 14.1. The van der Waals surface area contributed by atoms with E-state index in [1.54, 1.807) is 0 Å². The Kier molecular flexibility index (Phi) is 5.45. The lowest BCUT2D eigenvalue weighted by Gasteiger charge is -2.24. The lowest BCUT2D eigenvalue weighted by Crippen LogP contribution is -2.15. The van der Waals surface area contributed by atoms with Crippen molar-refractivity contribution in [1.82, 2.24) is 14.5 Å². The van der Waals surface area contributed by atoms with Crippen LogP contribution in [0.5, 0.6) is 0 Å². The van der Waals surface area contributed by atoms with Crippen molar-refractivity contribution < 1.29 is 0 Å². The molecular weight excluding hydrogens is 607 g/mol. The summed E-state index contributed by atoms with van der Waals surface area (Å²) in [6.45, 7) is 4.76. The molecule has 3 heteroatoms. The Morgan fingerprint density at radius 3 is 2.04 bits per heavy atom. The maximum atomic E-state index is 5.53. The summed E-state index contributed by atoms with van der Waals surface area (Å²) in [6.07, 6.45) is 0. The minimum atomic E-state index is -0.129. The van der Waals surface area contributed by atoms with Crippen LogP contribution in [0.15, 0.2) is 152 Å². The van der Waals surface area contributed by atoms with E-state index in [1.807, 2.05) is 0 Å². The van der Waals surface area contributed by atoms with Crippen LogP contribution in [0.4, 0.5) is 0 Å². The number of rotatable bonds is 2. The van der Waals surface area contributed by atoms with Crippen molar-refractivity contribution in [2.24, 2.45) is 0 Å². The highest BCUT2D eigenvalue weighted by Crippen LogP contribution is 2.55. The molecule has 8 aromatic carbocycles. The van der Waals surface area contributed by atoms with Crippen LogP contribution in [0.3, 0.4) is 0 Å². The van der Waals surface area contributed by atoms with Crippen LogP contribution < -0.4 is 0 Å². The fourth-order valence-corrected chi connectivity index (χ4v) is 9.04. The zero-order valence-electron chi connectivity index (χ0n) is 27.8. The van der Waals surface area contributed by atoms with E-state index in [0.717, 1.165) is 38.6 Å². The van der Waals surface area contributed by atoms with Gasteiger partial charge in [0.1, 0.15) is 0 Å². The van der Waals surface area contributed by atoms with Crippen molar-refractivity contribution in [1.29, 1.82) is 0 Å². The first-order chi connectivity index (χ1) is 24.6. The van der Waals surface area contributed by atoms with E-state index in [-0.39, 0.29) is 5.41 Å². The summed E-state index contributed by atoms with van der Waals surface area (Å²) in [5.41, 5.74) is 10.5. The SMILES string of the molecule is CC1(C)c2ccccc2-c2c1c1ccccc1c1c2ccc2c3ccccc3n(-c3nc(-c4ccccc4)c4c(ccc5ccccc54)n3)c21. The summed E-state index contributed by atoms with van der Waals surface area (Å²) in [4.78, 5) is 11.0. The summed E-state index contributed by atoms with van der Waals surface area (Å²) in [7, 11) is 0. The molecule has 50 heavy (non-hydrogen) atoms. The number of fused-ring (bicyclic) bond motifs is 15. The summed E-state index contributed by atoms with van der Waals surface area (Å²) in [5.74, 6) is 0.677. The highest BCUT2D eigenvalue weighted by molar-refractivity contribution is 6.29. The molecule has 0 fully saturated rings. The van der Waals surface area contributed by atoms with Gasteiger partial charge in [-0.3, -0.25) is 4.57 Å². The first-order valence-electron chi connectivity index (χ1n) is 17.4. The van der Waals surface area contributed by atoms with Crippen molar-refractivity contribution >= 4 is 65.0 Å². The van der Waals surface area contributed by atoms with E-state index in [4.69, 9.17) is 9.97 Å². The van der Waals surface area contributed by atoms with E-state index in [9.17, 15) is 0 Å². The largest absolute Gasteiger partial charge is 0.277 e. The molecule has 0 unspecified atom stereocenters. The molecule has 0 aliphatic heterocycles. The van der Waals surface area contributed by atoms with Gasteiger partial charge < -0.3 is 0 Å². The minimum Gasteiger partial charge on any atom is -0.277 e. The van der Waals surface area contributed by atoms with Gasteiger partial charge >= 0.3 is 0 Å². The van der Waals surface area contributed by atoms with Gasteiger partial charge in [-0.25, -0.2) is 9.97 Å². The van der Waals surface area contributed by atoms with Crippen LogP contribution in [0, 0.1) is 0 Å². The van der Waals surface area contributed by atoms with Gasteiger partial charge in [-0.1, -0.05) is 153 Å². The van der Waals surface area contributed by atoms with Gasteiger partial charge in [0.25, 0.3) is 0 Å². The molecule has 1 aliphatic carbocycles. The quantitative estimate of drug-likeness (QED) is 0.177. The van der Waals surface area contributed by atoms with Gasteiger partial charge in [-0.15, -0.1) is 0 Å². The van der Waals surface area contributed by atoms with E-state index in [2.05, 4.69) is 170 Å². The summed E-state index contributed by atoms with van der Waals surface area (Å²) in [6, 6.07) is 54.8. The number of nitrogens with zero attached hydrogens (tertiary/aromatic N) is 3. The molecule has 0 spiro atoms. The standard InChI is InChI=1S/C47H31N3/c1-47(2)37-22-12-10-21-35(37)40-36-26-25-34-31-18-11-13-23-39(31)50(45(34)41(36)32-19-8-9-20-33(32)43(40)47)46-48-38-27-24-28-14-6-7-17-30(28)42(38)44(49-46)29-15-4-3-5-16-29/h3-27H,1-2H3. The van der Waals surface area contributed by atoms with Crippen LogP contribution in [0.25, 0.3) is 93.4 Å². The lowest BCUT2D eigenvalue weighted by atomic mass is 9.79. The molecule has 0 atom stereocenters. The second kappa shape index (κ2) is 9.87. The van der Waals surface area contributed by atoms with Crippen molar-refractivity contribution in [2.75, 3.05) is 0 Å². The zero-order chi connectivity index (χ0) is 33.1. The number of para-hydroxylation sites is 1. The van der Waals surface area contributed by atoms with Crippen molar-refractivity contribution in [3.8, 4) is 28.3 Å². The maximum absolute atomic E-state index is 5.53. The molecule has 0 amide bonds. The maximum Gasteiger partial charge on any atom is 0.235 e. The molecule has 0 radical (unpaired) electrons. The molecule has 3 nitrogen and oxygen atoms in total. The van der Waals surface area contributed by atoms with Gasteiger partial charge in [-0.2, -0.15) is 0 Å². The molecule has 0 N–H and O–H groups in total. The molecule has 0 bridgehead atoms. The molecular formula is C47H31N3. The van der Waals surface area contributed by atoms with Crippen LogP contribution in [0.2, 0.25) is 0 Å². The van der Waals surface area contributed by atoms with Crippen molar-refractivity contribution in [3.05, 3.63) is 163 Å². The zero-order valence-corrected chi connectivity index (χ0v) is 27.8. The predicted molar refractivity (Wildman–Crippen MR) is 209 cm³/mol. The number of hydrogen-bond acceptors (Lipinski definition) is 2. The number of aromatic nitrogens is 3. The number of benzene rings is 8. The third-order valence-electron chi connectivity index (χ3n) is 11.1. The Labute approximate surface area is 289 Å². The Morgan fingerprint density at radius 1 is 0.500 bits per heavy atom. The van der Waals surface area contributed by atoms with Crippen molar-refractivity contribution in [3.63, 3.8) is 0 Å². The minimum absolute atomic E-state index is 0.129. The van der Waals surface area contributed by atoms with Crippen LogP contribution in [-0.4, -0.2) is 14.5 Å². The average molecular weight is 638 g/mol. The fraction of sp³-hybridized carbons (Fsp3) is 0.0638. The monoisotopic (exact) mass is 637 g/mol. The molecule has 1 aliphatic rings. The number of hydrogen-bond donors (Lipinski definition) is 0. The highest BCUT2D eigenvalue weighted by Gasteiger charge is 2.38. The summed E-state index contributed by atoms with van der Waals surface area (Å²) >= 11 is 0. The predicted octanol–water partition coefficient (Wildman–Crippen LogP) is 12.2. The molecule has 234 valence electrons. The topological polar surface area (TPSA) is 30.7 Å². The molecule has 0 saturated carbocycles. The summed E-state index contributed by atoms with van der Waals surface area (Å²) < 4.78 is 2.33. The van der Waals surface area contributed by atoms with Gasteiger partial charge in [0.05, 0.1) is 22.2 Å². The molecule has 2 heterocycles. The smallest absolute Gasteiger partial charge is 0.235 e. The fourth-order valence-electron chi connectivity index (χ4n) is 9.04. The van der Waals surface area contributed by atoms with E-state index in [1.165, 1.54) is 60.0 Å². The van der Waals surface area contributed by atoms with Gasteiger partial charge in [0.15, 0.2) is 0 Å². The molecule has 11 rings (SSSR count). The second-order valence-corrected chi connectivity index (χ2v) is 14.1. The lowest BCUT2D eigenvalue weighted by molar-refractivity contribution is 0.666. The highest BCUT2D eigenvalue weighted by atomic mass is 15.2. The first-order valence-corrected chi connectivity index (χ1v) is 17.4. The Bertz CT molecular complexity index is 3060. The van der Waals surface area contributed by atoms with Crippen LogP contribution in [0.1, 0.15) is 25.0 Å². The third kappa shape index (κ3) is 3.54. The molecule has 0 saturated heterocycles. The van der Waals surface area contributed by atoms with Gasteiger partial charge in [0.2, 0.25) is 5.95 Å². The van der Waals surface area contributed by atoms with Gasteiger partial charge in [-0.05, 0) is 61.3 Å². The van der Waals surface area contributed by atoms with E-state index in [0.29, 0.717) is 5.95 Å². The van der Waals surface area contributed by atoms with Crippen LogP contribution >= 0.6 is 0 Å². The average Bonchev–Trinajstić information content (AvgIpc) is 3.63.